The van der Waals surface area contributed by atoms with Gasteiger partial charge in [-0.15, -0.1) is 0 Å². The van der Waals surface area contributed by atoms with Crippen LogP contribution in [0.1, 0.15) is 13.8 Å². The third kappa shape index (κ3) is 3.90. The van der Waals surface area contributed by atoms with Crippen LogP contribution < -0.4 is 4.72 Å². The molecule has 0 aliphatic carbocycles. The van der Waals surface area contributed by atoms with Gasteiger partial charge in [0.1, 0.15) is 6.04 Å². The third-order valence-corrected chi connectivity index (χ3v) is 4.58. The highest BCUT2D eigenvalue weighted by atomic mass is 35.5. The van der Waals surface area contributed by atoms with Gasteiger partial charge in [0, 0.05) is 6.07 Å². The first-order valence-corrected chi connectivity index (χ1v) is 7.62. The summed E-state index contributed by atoms with van der Waals surface area (Å²) in [6.45, 7) is 3.00. The van der Waals surface area contributed by atoms with Gasteiger partial charge in [-0.25, -0.2) is 8.42 Å². The van der Waals surface area contributed by atoms with E-state index in [-0.39, 0.29) is 5.02 Å². The molecule has 0 radical (unpaired) electrons. The summed E-state index contributed by atoms with van der Waals surface area (Å²) in [4.78, 5) is 20.3. The summed E-state index contributed by atoms with van der Waals surface area (Å²) >= 11 is 5.73. The van der Waals surface area contributed by atoms with Gasteiger partial charge in [0.05, 0.1) is 9.95 Å². The minimum absolute atomic E-state index is 0.357. The lowest BCUT2D eigenvalue weighted by Crippen LogP contribution is -2.44. The predicted molar refractivity (Wildman–Crippen MR) is 74.7 cm³/mol. The average Bonchev–Trinajstić information content (AvgIpc) is 2.34. The summed E-state index contributed by atoms with van der Waals surface area (Å²) in [6, 6.07) is 1.96. The molecule has 1 rings (SSSR count). The molecule has 116 valence electrons. The Balaban J connectivity index is 3.38. The van der Waals surface area contributed by atoms with Crippen LogP contribution in [0.2, 0.25) is 5.02 Å². The van der Waals surface area contributed by atoms with Gasteiger partial charge < -0.3 is 5.11 Å². The number of nitro groups is 1. The molecule has 8 nitrogen and oxygen atoms in total. The smallest absolute Gasteiger partial charge is 0.322 e. The number of hydrogen-bond donors (Lipinski definition) is 2. The quantitative estimate of drug-likeness (QED) is 0.600. The Hall–Kier alpha value is -1.71. The summed E-state index contributed by atoms with van der Waals surface area (Å²) in [5.41, 5.74) is -0.720. The number of carboxylic acids is 1. The van der Waals surface area contributed by atoms with Crippen molar-refractivity contribution in [1.29, 1.82) is 0 Å². The molecule has 1 aromatic rings. The number of aliphatic carboxylic acids is 1. The zero-order valence-electron chi connectivity index (χ0n) is 11.1. The number of nitrogens with one attached hydrogen (secondary N) is 1. The Bertz CT molecular complexity index is 673. The summed E-state index contributed by atoms with van der Waals surface area (Å²) in [5, 5.41) is 19.6. The summed E-state index contributed by atoms with van der Waals surface area (Å²) in [6.07, 6.45) is 0. The van der Waals surface area contributed by atoms with Crippen LogP contribution in [0.3, 0.4) is 0 Å². The van der Waals surface area contributed by atoms with Crippen molar-refractivity contribution in [2.45, 2.75) is 24.8 Å². The second kappa shape index (κ2) is 6.37. The van der Waals surface area contributed by atoms with Crippen molar-refractivity contribution in [3.63, 3.8) is 0 Å². The van der Waals surface area contributed by atoms with E-state index in [0.717, 1.165) is 6.07 Å². The van der Waals surface area contributed by atoms with Crippen LogP contribution in [0.15, 0.2) is 23.1 Å². The Labute approximate surface area is 125 Å². The third-order valence-electron chi connectivity index (χ3n) is 2.63. The van der Waals surface area contributed by atoms with Crippen molar-refractivity contribution in [1.82, 2.24) is 4.72 Å². The maximum absolute atomic E-state index is 12.2. The van der Waals surface area contributed by atoms with Gasteiger partial charge in [-0.1, -0.05) is 31.5 Å². The van der Waals surface area contributed by atoms with Crippen LogP contribution in [0, 0.1) is 16.0 Å². The largest absolute Gasteiger partial charge is 0.480 e. The Morgan fingerprint density at radius 3 is 2.43 bits per heavy atom. The summed E-state index contributed by atoms with van der Waals surface area (Å²) in [7, 11) is -4.46. The van der Waals surface area contributed by atoms with Gasteiger partial charge in [-0.05, 0) is 12.0 Å². The SMILES string of the molecule is CC(C)C(NS(=O)(=O)c1c(Cl)cccc1[N+](=O)[O-])C(=O)O. The first-order valence-electron chi connectivity index (χ1n) is 5.76. The number of nitrogens with zero attached hydrogens (tertiary/aromatic N) is 1. The number of sulfonamides is 1. The minimum atomic E-state index is -4.46. The molecule has 1 atom stereocenters. The van der Waals surface area contributed by atoms with Crippen LogP contribution >= 0.6 is 11.6 Å². The molecule has 0 aromatic heterocycles. The van der Waals surface area contributed by atoms with E-state index in [1.165, 1.54) is 26.0 Å². The van der Waals surface area contributed by atoms with E-state index in [1.54, 1.807) is 0 Å². The molecule has 0 aliphatic heterocycles. The van der Waals surface area contributed by atoms with E-state index < -0.39 is 43.5 Å². The molecule has 0 bridgehead atoms. The van der Waals surface area contributed by atoms with Crippen molar-refractivity contribution in [3.05, 3.63) is 33.3 Å². The lowest BCUT2D eigenvalue weighted by atomic mass is 10.1. The van der Waals surface area contributed by atoms with Crippen LogP contribution in [0.4, 0.5) is 5.69 Å². The standard InChI is InChI=1S/C11H13ClN2O6S/c1-6(2)9(11(15)16)13-21(19,20)10-7(12)4-3-5-8(10)14(17)18/h3-6,9,13H,1-2H3,(H,15,16). The minimum Gasteiger partial charge on any atom is -0.480 e. The second-order valence-electron chi connectivity index (χ2n) is 4.53. The fraction of sp³-hybridized carbons (Fsp3) is 0.364. The second-order valence-corrected chi connectivity index (χ2v) is 6.58. The molecular formula is C11H13ClN2O6S. The van der Waals surface area contributed by atoms with Crippen molar-refractivity contribution in [2.75, 3.05) is 0 Å². The first kappa shape index (κ1) is 17.3. The molecule has 21 heavy (non-hydrogen) atoms. The molecule has 0 saturated heterocycles. The lowest BCUT2D eigenvalue weighted by Gasteiger charge is -2.18. The van der Waals surface area contributed by atoms with Gasteiger partial charge in [0.15, 0.2) is 4.90 Å². The zero-order chi connectivity index (χ0) is 16.4. The number of carboxylic acid groups (broad SMARTS) is 1. The first-order chi connectivity index (χ1) is 9.58. The maximum Gasteiger partial charge on any atom is 0.322 e. The van der Waals surface area contributed by atoms with Gasteiger partial charge in [-0.3, -0.25) is 14.9 Å². The Morgan fingerprint density at radius 2 is 2.00 bits per heavy atom. The Morgan fingerprint density at radius 1 is 1.43 bits per heavy atom. The highest BCUT2D eigenvalue weighted by molar-refractivity contribution is 7.89. The molecule has 0 aliphatic rings. The van der Waals surface area contributed by atoms with Crippen molar-refractivity contribution < 1.29 is 23.2 Å². The molecule has 1 unspecified atom stereocenters. The molecule has 0 fully saturated rings. The van der Waals surface area contributed by atoms with Gasteiger partial charge in [0.2, 0.25) is 10.0 Å². The normalized spacial score (nSPS) is 13.1. The highest BCUT2D eigenvalue weighted by Gasteiger charge is 2.34. The van der Waals surface area contributed by atoms with Gasteiger partial charge >= 0.3 is 5.97 Å². The van der Waals surface area contributed by atoms with Crippen LogP contribution in [-0.2, 0) is 14.8 Å². The lowest BCUT2D eigenvalue weighted by molar-refractivity contribution is -0.387. The number of halogens is 1. The van der Waals surface area contributed by atoms with Gasteiger partial charge in [-0.2, -0.15) is 4.72 Å². The highest BCUT2D eigenvalue weighted by Crippen LogP contribution is 2.31. The van der Waals surface area contributed by atoms with E-state index in [0.29, 0.717) is 0 Å². The number of hydrogen-bond acceptors (Lipinski definition) is 5. The number of rotatable bonds is 6. The van der Waals surface area contributed by atoms with E-state index in [1.807, 2.05) is 4.72 Å². The molecule has 2 N–H and O–H groups in total. The van der Waals surface area contributed by atoms with Crippen molar-refractivity contribution in [2.24, 2.45) is 5.92 Å². The molecular weight excluding hydrogens is 324 g/mol. The van der Waals surface area contributed by atoms with Crippen molar-refractivity contribution >= 4 is 33.3 Å². The predicted octanol–water partition coefficient (Wildman–Crippen LogP) is 1.64. The number of carbonyl (C=O) groups is 1. The van der Waals surface area contributed by atoms with Crippen LogP contribution in [0.5, 0.6) is 0 Å². The molecule has 0 amide bonds. The molecule has 0 heterocycles. The van der Waals surface area contributed by atoms with E-state index >= 15 is 0 Å². The number of benzene rings is 1. The van der Waals surface area contributed by atoms with Gasteiger partial charge in [0.25, 0.3) is 5.69 Å². The Kier molecular flexibility index (Phi) is 5.26. The summed E-state index contributed by atoms with van der Waals surface area (Å²) < 4.78 is 26.4. The zero-order valence-corrected chi connectivity index (χ0v) is 12.7. The fourth-order valence-electron chi connectivity index (χ4n) is 1.60. The topological polar surface area (TPSA) is 127 Å². The van der Waals surface area contributed by atoms with Crippen LogP contribution in [0.25, 0.3) is 0 Å². The fourth-order valence-corrected chi connectivity index (χ4v) is 3.65. The number of nitro benzene ring substituents is 1. The summed E-state index contributed by atoms with van der Waals surface area (Å²) in [5.74, 6) is -1.94. The van der Waals surface area contributed by atoms with Crippen molar-refractivity contribution in [3.8, 4) is 0 Å². The van der Waals surface area contributed by atoms with E-state index in [4.69, 9.17) is 16.7 Å². The maximum atomic E-state index is 12.2. The molecule has 1 aromatic carbocycles. The van der Waals surface area contributed by atoms with E-state index in [9.17, 15) is 23.3 Å². The molecule has 0 spiro atoms. The monoisotopic (exact) mass is 336 g/mol. The average molecular weight is 337 g/mol. The van der Waals surface area contributed by atoms with E-state index in [2.05, 4.69) is 0 Å². The molecule has 10 heteroatoms. The van der Waals surface area contributed by atoms with Crippen LogP contribution in [-0.4, -0.2) is 30.5 Å². The molecule has 0 saturated carbocycles.